The summed E-state index contributed by atoms with van der Waals surface area (Å²) in [5.41, 5.74) is 0. The third kappa shape index (κ3) is 3.34. The predicted molar refractivity (Wildman–Crippen MR) is 88.6 cm³/mol. The lowest BCUT2D eigenvalue weighted by molar-refractivity contribution is -0.0831. The molecule has 1 aliphatic heterocycles. The lowest BCUT2D eigenvalue weighted by Gasteiger charge is -2.19. The molecule has 0 aliphatic carbocycles. The van der Waals surface area contributed by atoms with Crippen LogP contribution in [0.1, 0.15) is 12.8 Å². The Morgan fingerprint density at radius 1 is 0.952 bits per heavy atom. The van der Waals surface area contributed by atoms with Gasteiger partial charge >= 0.3 is 0 Å². The van der Waals surface area contributed by atoms with Crippen molar-refractivity contribution in [3.63, 3.8) is 0 Å². The maximum absolute atomic E-state index is 5.74. The molecule has 1 fully saturated rings. The molecule has 3 nitrogen and oxygen atoms in total. The molecule has 0 radical (unpaired) electrons. The van der Waals surface area contributed by atoms with E-state index < -0.39 is 0 Å². The van der Waals surface area contributed by atoms with Crippen LogP contribution in [0, 0.1) is 0 Å². The zero-order valence-electron chi connectivity index (χ0n) is 12.4. The van der Waals surface area contributed by atoms with Gasteiger partial charge in [-0.05, 0) is 46.8 Å². The van der Waals surface area contributed by atoms with Crippen LogP contribution >= 0.6 is 10.9 Å². The molecule has 3 rings (SSSR count). The van der Waals surface area contributed by atoms with Crippen molar-refractivity contribution >= 4 is 21.7 Å². The first-order chi connectivity index (χ1) is 10.4. The van der Waals surface area contributed by atoms with Crippen molar-refractivity contribution in [1.82, 2.24) is 0 Å². The molecule has 0 amide bonds. The van der Waals surface area contributed by atoms with Crippen molar-refractivity contribution in [3.8, 4) is 5.75 Å². The van der Waals surface area contributed by atoms with E-state index >= 15 is 0 Å². The smallest absolute Gasteiger partial charge is 0.191 e. The highest BCUT2D eigenvalue weighted by atomic mass is 32.2. The quantitative estimate of drug-likeness (QED) is 0.497. The second kappa shape index (κ2) is 7.16. The van der Waals surface area contributed by atoms with Gasteiger partial charge in [0.05, 0.1) is 0 Å². The van der Waals surface area contributed by atoms with E-state index in [4.69, 9.17) is 14.2 Å². The third-order valence-corrected chi connectivity index (χ3v) is 6.59. The highest BCUT2D eigenvalue weighted by Gasteiger charge is 2.16. The zero-order valence-corrected chi connectivity index (χ0v) is 13.3. The molecular weight excluding hydrogens is 284 g/mol. The molecule has 2 aromatic carbocycles. The molecule has 0 atom stereocenters. The van der Waals surface area contributed by atoms with Gasteiger partial charge in [0, 0.05) is 12.5 Å². The van der Waals surface area contributed by atoms with Crippen molar-refractivity contribution in [3.05, 3.63) is 36.4 Å². The molecule has 0 spiro atoms. The van der Waals surface area contributed by atoms with E-state index in [9.17, 15) is 0 Å². The summed E-state index contributed by atoms with van der Waals surface area (Å²) in [6, 6.07) is 12.9. The average molecular weight is 306 g/mol. The summed E-state index contributed by atoms with van der Waals surface area (Å²) in [5, 5.41) is 2.53. The van der Waals surface area contributed by atoms with E-state index in [-0.39, 0.29) is 24.5 Å². The van der Waals surface area contributed by atoms with Crippen molar-refractivity contribution in [2.24, 2.45) is 0 Å². The Kier molecular flexibility index (Phi) is 5.01. The van der Waals surface area contributed by atoms with Gasteiger partial charge in [0.25, 0.3) is 0 Å². The molecule has 4 heteroatoms. The van der Waals surface area contributed by atoms with Crippen LogP contribution in [0.2, 0.25) is 0 Å². The van der Waals surface area contributed by atoms with Gasteiger partial charge in [-0.25, -0.2) is 10.9 Å². The predicted octanol–water partition coefficient (Wildman–Crippen LogP) is 3.95. The second-order valence-electron chi connectivity index (χ2n) is 5.20. The van der Waals surface area contributed by atoms with Crippen LogP contribution in [0.15, 0.2) is 41.3 Å². The molecule has 114 valence electrons. The highest BCUT2D eigenvalue weighted by molar-refractivity contribution is 8.17. The number of fused-ring (bicyclic) bond motifs is 1. The summed E-state index contributed by atoms with van der Waals surface area (Å²) in [6.45, 7) is 0.466. The first-order valence-corrected chi connectivity index (χ1v) is 9.07. The van der Waals surface area contributed by atoms with Crippen LogP contribution in [-0.2, 0) is 9.47 Å². The minimum absolute atomic E-state index is 0.0222. The van der Waals surface area contributed by atoms with Gasteiger partial charge in [0.2, 0.25) is 0 Å². The SMILES string of the molecule is COCOCOc1ccc([SH]2CCCC2)c2ccccc12. The maximum Gasteiger partial charge on any atom is 0.191 e. The van der Waals surface area contributed by atoms with Crippen molar-refractivity contribution < 1.29 is 14.2 Å². The fraction of sp³-hybridized carbons (Fsp3) is 0.412. The van der Waals surface area contributed by atoms with Gasteiger partial charge in [-0.2, -0.15) is 0 Å². The molecule has 1 heterocycles. The van der Waals surface area contributed by atoms with Crippen LogP contribution in [0.4, 0.5) is 0 Å². The number of methoxy groups -OCH3 is 1. The molecule has 0 saturated carbocycles. The number of ether oxygens (including phenoxy) is 3. The van der Waals surface area contributed by atoms with Crippen molar-refractivity contribution in [1.29, 1.82) is 0 Å². The van der Waals surface area contributed by atoms with Gasteiger partial charge in [0.15, 0.2) is 6.79 Å². The first kappa shape index (κ1) is 14.7. The van der Waals surface area contributed by atoms with E-state index in [1.807, 2.05) is 0 Å². The topological polar surface area (TPSA) is 27.7 Å². The van der Waals surface area contributed by atoms with E-state index in [1.54, 1.807) is 7.11 Å². The van der Waals surface area contributed by atoms with Crippen molar-refractivity contribution in [2.45, 2.75) is 17.7 Å². The number of hydrogen-bond acceptors (Lipinski definition) is 3. The number of hydrogen-bond donors (Lipinski definition) is 1. The standard InChI is InChI=1S/C17H22O3S/c1-18-12-19-13-20-16-8-9-17(21-10-4-5-11-21)15-7-3-2-6-14(15)16/h2-3,6-9,21H,4-5,10-13H2,1H3. The summed E-state index contributed by atoms with van der Waals surface area (Å²) in [5.74, 6) is 3.63. The van der Waals surface area contributed by atoms with Gasteiger partial charge in [-0.1, -0.05) is 24.3 Å². The largest absolute Gasteiger partial charge is 0.467 e. The molecular formula is C17H22O3S. The monoisotopic (exact) mass is 306 g/mol. The Morgan fingerprint density at radius 2 is 1.71 bits per heavy atom. The van der Waals surface area contributed by atoms with Gasteiger partial charge in [0.1, 0.15) is 12.5 Å². The summed E-state index contributed by atoms with van der Waals surface area (Å²) in [4.78, 5) is 1.53. The van der Waals surface area contributed by atoms with Crippen LogP contribution in [0.5, 0.6) is 5.75 Å². The summed E-state index contributed by atoms with van der Waals surface area (Å²) < 4.78 is 15.8. The molecule has 0 bridgehead atoms. The second-order valence-corrected chi connectivity index (χ2v) is 7.65. The van der Waals surface area contributed by atoms with Crippen LogP contribution in [0.25, 0.3) is 10.8 Å². The van der Waals surface area contributed by atoms with E-state index in [0.717, 1.165) is 5.75 Å². The fourth-order valence-corrected chi connectivity index (χ4v) is 5.57. The van der Waals surface area contributed by atoms with Crippen LogP contribution < -0.4 is 4.74 Å². The average Bonchev–Trinajstić information content (AvgIpc) is 3.05. The lowest BCUT2D eigenvalue weighted by atomic mass is 10.1. The molecule has 21 heavy (non-hydrogen) atoms. The van der Waals surface area contributed by atoms with Gasteiger partial charge in [-0.3, -0.25) is 0 Å². The highest BCUT2D eigenvalue weighted by Crippen LogP contribution is 2.47. The molecule has 2 aromatic rings. The van der Waals surface area contributed by atoms with E-state index in [2.05, 4.69) is 36.4 Å². The maximum atomic E-state index is 5.74. The molecule has 0 unspecified atom stereocenters. The minimum Gasteiger partial charge on any atom is -0.467 e. The minimum atomic E-state index is 0.0222. The van der Waals surface area contributed by atoms with Gasteiger partial charge in [-0.15, -0.1) is 0 Å². The Bertz CT molecular complexity index is 594. The zero-order chi connectivity index (χ0) is 14.5. The summed E-state index contributed by atoms with van der Waals surface area (Å²) in [6.07, 6.45) is 2.76. The first-order valence-electron chi connectivity index (χ1n) is 7.36. The Labute approximate surface area is 128 Å². The Hall–Kier alpha value is -1.23. The molecule has 1 saturated heterocycles. The Balaban J connectivity index is 1.87. The van der Waals surface area contributed by atoms with Crippen molar-refractivity contribution in [2.75, 3.05) is 32.2 Å². The molecule has 1 aliphatic rings. The fourth-order valence-electron chi connectivity index (χ4n) is 2.84. The lowest BCUT2D eigenvalue weighted by Crippen LogP contribution is -2.05. The van der Waals surface area contributed by atoms with Crippen LogP contribution in [0.3, 0.4) is 0 Å². The summed E-state index contributed by atoms with van der Waals surface area (Å²) in [7, 11) is 1.63. The van der Waals surface area contributed by atoms with Gasteiger partial charge < -0.3 is 14.2 Å². The molecule has 0 aromatic heterocycles. The third-order valence-electron chi connectivity index (χ3n) is 3.81. The summed E-state index contributed by atoms with van der Waals surface area (Å²) >= 11 is 0. The normalized spacial score (nSPS) is 16.5. The van der Waals surface area contributed by atoms with Crippen LogP contribution in [-0.4, -0.2) is 32.2 Å². The Morgan fingerprint density at radius 3 is 2.48 bits per heavy atom. The van der Waals surface area contributed by atoms with E-state index in [0.29, 0.717) is 0 Å². The number of rotatable bonds is 6. The number of benzene rings is 2. The number of thiol groups is 1. The van der Waals surface area contributed by atoms with E-state index in [1.165, 1.54) is 40.0 Å². The molecule has 0 N–H and O–H groups in total.